The summed E-state index contributed by atoms with van der Waals surface area (Å²) < 4.78 is 5.64. The smallest absolute Gasteiger partial charge is 0.322 e. The third-order valence-electron chi connectivity index (χ3n) is 4.63. The van der Waals surface area contributed by atoms with E-state index in [0.717, 1.165) is 12.8 Å². The molecule has 0 aliphatic heterocycles. The van der Waals surface area contributed by atoms with Gasteiger partial charge in [0.25, 0.3) is 5.91 Å². The molecule has 1 N–H and O–H groups in total. The molecular weight excluding hydrogens is 302 g/mol. The number of anilines is 1. The molecular formula is C19H25N3O2. The van der Waals surface area contributed by atoms with E-state index < -0.39 is 0 Å². The van der Waals surface area contributed by atoms with Crippen LogP contribution in [0, 0.1) is 0 Å². The molecule has 1 aliphatic rings. The Bertz CT molecular complexity index is 692. The molecule has 128 valence electrons. The van der Waals surface area contributed by atoms with Crippen molar-refractivity contribution in [2.24, 2.45) is 0 Å². The van der Waals surface area contributed by atoms with Gasteiger partial charge < -0.3 is 4.42 Å². The van der Waals surface area contributed by atoms with Gasteiger partial charge in [-0.2, -0.15) is 0 Å². The molecule has 1 heterocycles. The molecule has 24 heavy (non-hydrogen) atoms. The fourth-order valence-electron chi connectivity index (χ4n) is 3.09. The van der Waals surface area contributed by atoms with E-state index in [0.29, 0.717) is 17.4 Å². The van der Waals surface area contributed by atoms with Gasteiger partial charge in [0.1, 0.15) is 0 Å². The zero-order valence-corrected chi connectivity index (χ0v) is 14.6. The minimum Gasteiger partial charge on any atom is -0.408 e. The number of carbonyl (C=O) groups excluding carboxylic acids is 1. The van der Waals surface area contributed by atoms with Crippen molar-refractivity contribution in [3.05, 3.63) is 41.3 Å². The Balaban J connectivity index is 1.65. The predicted octanol–water partition coefficient (Wildman–Crippen LogP) is 4.67. The summed E-state index contributed by atoms with van der Waals surface area (Å²) in [7, 11) is 0. The van der Waals surface area contributed by atoms with Crippen LogP contribution in [0.3, 0.4) is 0 Å². The summed E-state index contributed by atoms with van der Waals surface area (Å²) in [5, 5.41) is 10.8. The van der Waals surface area contributed by atoms with E-state index in [1.807, 2.05) is 24.3 Å². The Morgan fingerprint density at radius 1 is 1.08 bits per heavy atom. The lowest BCUT2D eigenvalue weighted by atomic mass is 9.87. The maximum absolute atomic E-state index is 12.3. The largest absolute Gasteiger partial charge is 0.408 e. The monoisotopic (exact) mass is 327 g/mol. The first-order valence-electron chi connectivity index (χ1n) is 8.69. The first-order valence-corrected chi connectivity index (χ1v) is 8.69. The Kier molecular flexibility index (Phi) is 4.69. The average Bonchev–Trinajstić information content (AvgIpc) is 3.03. The van der Waals surface area contributed by atoms with E-state index in [1.54, 1.807) is 0 Å². The fraction of sp³-hybridized carbons (Fsp3) is 0.526. The molecule has 2 aromatic rings. The maximum Gasteiger partial charge on any atom is 0.322 e. The van der Waals surface area contributed by atoms with Crippen LogP contribution in [0.15, 0.2) is 28.7 Å². The first kappa shape index (κ1) is 16.7. The van der Waals surface area contributed by atoms with Gasteiger partial charge in [-0.1, -0.05) is 57.3 Å². The van der Waals surface area contributed by atoms with E-state index in [2.05, 4.69) is 36.3 Å². The van der Waals surface area contributed by atoms with Crippen molar-refractivity contribution in [2.75, 3.05) is 5.32 Å². The molecule has 0 bridgehead atoms. The second-order valence-corrected chi connectivity index (χ2v) is 7.56. The molecule has 0 atom stereocenters. The molecule has 3 rings (SSSR count). The molecule has 1 aliphatic carbocycles. The van der Waals surface area contributed by atoms with Crippen LogP contribution in [0.5, 0.6) is 0 Å². The van der Waals surface area contributed by atoms with Crippen LogP contribution in [0.2, 0.25) is 0 Å². The lowest BCUT2D eigenvalue weighted by molar-refractivity contribution is 0.102. The van der Waals surface area contributed by atoms with Crippen LogP contribution < -0.4 is 5.32 Å². The van der Waals surface area contributed by atoms with Crippen molar-refractivity contribution in [1.29, 1.82) is 0 Å². The second kappa shape index (κ2) is 6.75. The van der Waals surface area contributed by atoms with Gasteiger partial charge in [0, 0.05) is 11.5 Å². The zero-order chi connectivity index (χ0) is 17.2. The molecule has 1 fully saturated rings. The summed E-state index contributed by atoms with van der Waals surface area (Å²) in [5.41, 5.74) is 1.84. The molecule has 5 heteroatoms. The number of aromatic nitrogens is 2. The molecule has 0 unspecified atom stereocenters. The molecule has 0 radical (unpaired) electrons. The number of rotatable bonds is 3. The summed E-state index contributed by atoms with van der Waals surface area (Å²) in [5.74, 6) is 0.755. The minimum atomic E-state index is -0.227. The van der Waals surface area contributed by atoms with Crippen LogP contribution in [0.1, 0.15) is 80.6 Å². The van der Waals surface area contributed by atoms with Gasteiger partial charge >= 0.3 is 6.01 Å². The van der Waals surface area contributed by atoms with Crippen molar-refractivity contribution in [3.63, 3.8) is 0 Å². The molecule has 5 nitrogen and oxygen atoms in total. The zero-order valence-electron chi connectivity index (χ0n) is 14.6. The number of carbonyl (C=O) groups is 1. The van der Waals surface area contributed by atoms with E-state index in [9.17, 15) is 4.79 Å². The van der Waals surface area contributed by atoms with Gasteiger partial charge in [-0.25, -0.2) is 0 Å². The van der Waals surface area contributed by atoms with Gasteiger partial charge in [0.15, 0.2) is 0 Å². The number of nitrogens with zero attached hydrogens (tertiary/aromatic N) is 2. The quantitative estimate of drug-likeness (QED) is 0.889. The lowest BCUT2D eigenvalue weighted by Crippen LogP contribution is -2.14. The summed E-state index contributed by atoms with van der Waals surface area (Å²) in [6, 6.07) is 7.80. The molecule has 0 saturated heterocycles. The van der Waals surface area contributed by atoms with Crippen LogP contribution in [-0.4, -0.2) is 16.1 Å². The van der Waals surface area contributed by atoms with Gasteiger partial charge in [-0.15, -0.1) is 5.10 Å². The summed E-state index contributed by atoms with van der Waals surface area (Å²) >= 11 is 0. The standard InChI is InChI=1S/C19H25N3O2/c1-19(2,3)15-11-9-13(10-12-15)16(23)20-18-22-21-17(24-18)14-7-5-4-6-8-14/h9-12,14H,4-8H2,1-3H3,(H,20,22,23). The molecule has 1 aromatic heterocycles. The van der Waals surface area contributed by atoms with Crippen LogP contribution in [-0.2, 0) is 5.41 Å². The normalized spacial score (nSPS) is 16.1. The highest BCUT2D eigenvalue weighted by molar-refractivity contribution is 6.03. The van der Waals surface area contributed by atoms with E-state index in [1.165, 1.54) is 24.8 Å². The molecule has 1 aromatic carbocycles. The fourth-order valence-corrected chi connectivity index (χ4v) is 3.09. The topological polar surface area (TPSA) is 68.0 Å². The van der Waals surface area contributed by atoms with E-state index in [4.69, 9.17) is 4.42 Å². The lowest BCUT2D eigenvalue weighted by Gasteiger charge is -2.18. The number of benzene rings is 1. The highest BCUT2D eigenvalue weighted by Gasteiger charge is 2.22. The Morgan fingerprint density at radius 2 is 1.75 bits per heavy atom. The predicted molar refractivity (Wildman–Crippen MR) is 93.2 cm³/mol. The number of hydrogen-bond donors (Lipinski definition) is 1. The summed E-state index contributed by atoms with van der Waals surface area (Å²) in [6.45, 7) is 6.44. The minimum absolute atomic E-state index is 0.0659. The van der Waals surface area contributed by atoms with E-state index in [-0.39, 0.29) is 17.3 Å². The number of hydrogen-bond acceptors (Lipinski definition) is 4. The third-order valence-corrected chi connectivity index (χ3v) is 4.63. The van der Waals surface area contributed by atoms with Crippen molar-refractivity contribution < 1.29 is 9.21 Å². The molecule has 1 amide bonds. The molecule has 1 saturated carbocycles. The van der Waals surface area contributed by atoms with Gasteiger partial charge in [0.05, 0.1) is 0 Å². The van der Waals surface area contributed by atoms with E-state index >= 15 is 0 Å². The van der Waals surface area contributed by atoms with Gasteiger partial charge in [-0.05, 0) is 36.0 Å². The first-order chi connectivity index (χ1) is 11.4. The van der Waals surface area contributed by atoms with Crippen molar-refractivity contribution >= 4 is 11.9 Å². The highest BCUT2D eigenvalue weighted by Crippen LogP contribution is 2.32. The van der Waals surface area contributed by atoms with Crippen LogP contribution >= 0.6 is 0 Å². The molecule has 0 spiro atoms. The number of amides is 1. The van der Waals surface area contributed by atoms with Crippen LogP contribution in [0.4, 0.5) is 6.01 Å². The SMILES string of the molecule is CC(C)(C)c1ccc(C(=O)Nc2nnc(C3CCCCC3)o2)cc1. The Labute approximate surface area is 142 Å². The highest BCUT2D eigenvalue weighted by atomic mass is 16.4. The maximum atomic E-state index is 12.3. The average molecular weight is 327 g/mol. The van der Waals surface area contributed by atoms with Crippen LogP contribution in [0.25, 0.3) is 0 Å². The van der Waals surface area contributed by atoms with Crippen molar-refractivity contribution in [1.82, 2.24) is 10.2 Å². The van der Waals surface area contributed by atoms with Crippen molar-refractivity contribution in [2.45, 2.75) is 64.2 Å². The second-order valence-electron chi connectivity index (χ2n) is 7.56. The number of nitrogens with one attached hydrogen (secondary N) is 1. The summed E-state index contributed by atoms with van der Waals surface area (Å²) in [4.78, 5) is 12.3. The summed E-state index contributed by atoms with van der Waals surface area (Å²) in [6.07, 6.45) is 5.86. The van der Waals surface area contributed by atoms with Gasteiger partial charge in [-0.3, -0.25) is 10.1 Å². The van der Waals surface area contributed by atoms with Crippen molar-refractivity contribution in [3.8, 4) is 0 Å². The third kappa shape index (κ3) is 3.83. The Hall–Kier alpha value is -2.17. The van der Waals surface area contributed by atoms with Gasteiger partial charge in [0.2, 0.25) is 5.89 Å². The Morgan fingerprint density at radius 3 is 2.38 bits per heavy atom.